The van der Waals surface area contributed by atoms with Gasteiger partial charge in [0.05, 0.1) is 25.2 Å². The van der Waals surface area contributed by atoms with Gasteiger partial charge in [-0.3, -0.25) is 4.79 Å². The number of rotatable bonds is 8. The van der Waals surface area contributed by atoms with E-state index in [1.165, 1.54) is 6.92 Å². The molecule has 1 heterocycles. The maximum absolute atomic E-state index is 12.0. The van der Waals surface area contributed by atoms with Gasteiger partial charge < -0.3 is 50.6 Å². The van der Waals surface area contributed by atoms with Gasteiger partial charge in [-0.05, 0) is 6.92 Å². The van der Waals surface area contributed by atoms with Crippen LogP contribution < -0.4 is 5.32 Å². The van der Waals surface area contributed by atoms with Crippen molar-refractivity contribution in [3.63, 3.8) is 0 Å². The van der Waals surface area contributed by atoms with Gasteiger partial charge in [-0.25, -0.2) is 0 Å². The van der Waals surface area contributed by atoms with E-state index in [9.17, 15) is 40.2 Å². The molecule has 0 radical (unpaired) electrons. The predicted molar refractivity (Wildman–Crippen MR) is 80.1 cm³/mol. The van der Waals surface area contributed by atoms with E-state index < -0.39 is 73.8 Å². The topological polar surface area (TPSA) is 197 Å². The molecule has 0 aromatic carbocycles. The number of ether oxygens (including phenoxy) is 1. The van der Waals surface area contributed by atoms with Gasteiger partial charge in [-0.2, -0.15) is 0 Å². The smallest absolute Gasteiger partial charge is 0.223 e. The summed E-state index contributed by atoms with van der Waals surface area (Å²) in [6.45, 7) is 0.577. The highest BCUT2D eigenvalue weighted by atomic mass is 16.5. The van der Waals surface area contributed by atoms with Gasteiger partial charge in [0, 0.05) is 0 Å². The summed E-state index contributed by atoms with van der Waals surface area (Å²) < 4.78 is 5.24. The van der Waals surface area contributed by atoms with Crippen molar-refractivity contribution < 1.29 is 50.1 Å². The maximum Gasteiger partial charge on any atom is 0.223 e. The van der Waals surface area contributed by atoms with E-state index >= 15 is 0 Å². The largest absolute Gasteiger partial charge is 0.394 e. The minimum Gasteiger partial charge on any atom is -0.394 e. The van der Waals surface area contributed by atoms with Gasteiger partial charge in [0.25, 0.3) is 0 Å². The van der Waals surface area contributed by atoms with Crippen molar-refractivity contribution in [2.45, 2.75) is 68.2 Å². The zero-order valence-corrected chi connectivity index (χ0v) is 13.5. The molecule has 1 rings (SSSR count). The molecule has 1 fully saturated rings. The lowest BCUT2D eigenvalue weighted by Crippen LogP contribution is -2.58. The molecule has 9 atom stereocenters. The standard InChI is InChI=1S/C14H25NO10/c1-5-10(20)14(24)13(23)8(25-5)2-9(19)15-6(3-16)11(21)12(22)7(18)4-17/h3,5-8,10-14,17-18,20-24H,2,4H2,1H3,(H,15,19)/t5-,6+,7-,8?,10+,11-,12-,13+,14+/m1/s1. The molecule has 1 aliphatic rings. The Morgan fingerprint density at radius 3 is 2.24 bits per heavy atom. The zero-order valence-electron chi connectivity index (χ0n) is 13.5. The van der Waals surface area contributed by atoms with Gasteiger partial charge in [0.1, 0.15) is 49.0 Å². The van der Waals surface area contributed by atoms with E-state index in [1.807, 2.05) is 0 Å². The molecule has 0 aromatic heterocycles. The number of aliphatic hydroxyl groups is 7. The van der Waals surface area contributed by atoms with Crippen molar-refractivity contribution in [1.82, 2.24) is 5.32 Å². The lowest BCUT2D eigenvalue weighted by molar-refractivity contribution is -0.218. The van der Waals surface area contributed by atoms with Gasteiger partial charge in [0.2, 0.25) is 5.91 Å². The molecular weight excluding hydrogens is 342 g/mol. The molecule has 11 heteroatoms. The van der Waals surface area contributed by atoms with Crippen LogP contribution in [0.5, 0.6) is 0 Å². The normalized spacial score (nSPS) is 34.6. The lowest BCUT2D eigenvalue weighted by Gasteiger charge is -2.39. The summed E-state index contributed by atoms with van der Waals surface area (Å²) in [6, 6.07) is -1.59. The maximum atomic E-state index is 12.0. The molecule has 1 aliphatic heterocycles. The summed E-state index contributed by atoms with van der Waals surface area (Å²) in [4.78, 5) is 23.0. The highest BCUT2D eigenvalue weighted by Gasteiger charge is 2.42. The summed E-state index contributed by atoms with van der Waals surface area (Å²) in [5.74, 6) is -0.846. The molecule has 0 aromatic rings. The van der Waals surface area contributed by atoms with E-state index in [1.54, 1.807) is 0 Å². The SMILES string of the molecule is C[C@H]1OC(CC(=O)N[C@@H](C=O)[C@@H](O)[C@H](O)[C@H](O)CO)[C@H](O)[C@@H](O)[C@H]1O. The molecule has 11 nitrogen and oxygen atoms in total. The highest BCUT2D eigenvalue weighted by molar-refractivity contribution is 5.80. The van der Waals surface area contributed by atoms with Crippen molar-refractivity contribution in [2.24, 2.45) is 0 Å². The third-order valence-corrected chi connectivity index (χ3v) is 4.11. The fraction of sp³-hybridized carbons (Fsp3) is 0.857. The molecule has 1 amide bonds. The number of carbonyl (C=O) groups excluding carboxylic acids is 2. The highest BCUT2D eigenvalue weighted by Crippen LogP contribution is 2.23. The van der Waals surface area contributed by atoms with Crippen molar-refractivity contribution in [3.05, 3.63) is 0 Å². The van der Waals surface area contributed by atoms with E-state index in [2.05, 4.69) is 5.32 Å². The number of aldehydes is 1. The average molecular weight is 367 g/mol. The summed E-state index contributed by atoms with van der Waals surface area (Å²) in [7, 11) is 0. The fourth-order valence-electron chi connectivity index (χ4n) is 2.48. The summed E-state index contributed by atoms with van der Waals surface area (Å²) in [5, 5.41) is 68.5. The molecule has 0 spiro atoms. The first-order valence-electron chi connectivity index (χ1n) is 7.73. The first-order valence-corrected chi connectivity index (χ1v) is 7.73. The van der Waals surface area contributed by atoms with Gasteiger partial charge in [-0.1, -0.05) is 0 Å². The molecular formula is C14H25NO10. The fourth-order valence-corrected chi connectivity index (χ4v) is 2.48. The second-order valence-electron chi connectivity index (χ2n) is 6.02. The van der Waals surface area contributed by atoms with Crippen molar-refractivity contribution in [1.29, 1.82) is 0 Å². The lowest BCUT2D eigenvalue weighted by atomic mass is 9.93. The molecule has 1 unspecified atom stereocenters. The molecule has 25 heavy (non-hydrogen) atoms. The number of nitrogens with one attached hydrogen (secondary N) is 1. The van der Waals surface area contributed by atoms with Crippen molar-refractivity contribution in [3.8, 4) is 0 Å². The van der Waals surface area contributed by atoms with Gasteiger partial charge in [-0.15, -0.1) is 0 Å². The molecule has 0 bridgehead atoms. The van der Waals surface area contributed by atoms with Crippen LogP contribution in [0.2, 0.25) is 0 Å². The van der Waals surface area contributed by atoms with Crippen LogP contribution in [-0.4, -0.2) is 109 Å². The van der Waals surface area contributed by atoms with Crippen molar-refractivity contribution >= 4 is 12.2 Å². The zero-order chi connectivity index (χ0) is 19.3. The van der Waals surface area contributed by atoms with Crippen LogP contribution in [0.4, 0.5) is 0 Å². The second-order valence-corrected chi connectivity index (χ2v) is 6.02. The van der Waals surface area contributed by atoms with E-state index in [0.717, 1.165) is 0 Å². The Labute approximate surface area is 143 Å². The number of hydrogen-bond acceptors (Lipinski definition) is 10. The van der Waals surface area contributed by atoms with E-state index in [-0.39, 0.29) is 6.29 Å². The minimum absolute atomic E-state index is 0.134. The van der Waals surface area contributed by atoms with Gasteiger partial charge in [0.15, 0.2) is 0 Å². The van der Waals surface area contributed by atoms with Gasteiger partial charge >= 0.3 is 0 Å². The van der Waals surface area contributed by atoms with E-state index in [0.29, 0.717) is 0 Å². The van der Waals surface area contributed by atoms with Crippen LogP contribution in [0.1, 0.15) is 13.3 Å². The Morgan fingerprint density at radius 1 is 1.12 bits per heavy atom. The molecule has 0 saturated carbocycles. The Hall–Kier alpha value is -1.18. The first kappa shape index (κ1) is 21.9. The summed E-state index contributed by atoms with van der Waals surface area (Å²) in [5.41, 5.74) is 0. The first-order chi connectivity index (χ1) is 11.6. The summed E-state index contributed by atoms with van der Waals surface area (Å²) in [6.07, 6.45) is -12.2. The quantitative estimate of drug-likeness (QED) is 0.192. The van der Waals surface area contributed by atoms with Crippen molar-refractivity contribution in [2.75, 3.05) is 6.61 Å². The monoisotopic (exact) mass is 367 g/mol. The Bertz CT molecular complexity index is 449. The van der Waals surface area contributed by atoms with Crippen LogP contribution in [0.25, 0.3) is 0 Å². The molecule has 0 aliphatic carbocycles. The molecule has 1 saturated heterocycles. The van der Waals surface area contributed by atoms with E-state index in [4.69, 9.17) is 9.84 Å². The Balaban J connectivity index is 2.66. The van der Waals surface area contributed by atoms with Crippen LogP contribution in [0.3, 0.4) is 0 Å². The van der Waals surface area contributed by atoms with Crippen LogP contribution in [-0.2, 0) is 14.3 Å². The number of amides is 1. The Morgan fingerprint density at radius 2 is 1.72 bits per heavy atom. The molecule has 146 valence electrons. The van der Waals surface area contributed by atoms with Crippen LogP contribution in [0, 0.1) is 0 Å². The third-order valence-electron chi connectivity index (χ3n) is 4.11. The predicted octanol–water partition coefficient (Wildman–Crippen LogP) is -4.99. The second kappa shape index (κ2) is 9.50. The average Bonchev–Trinajstić information content (AvgIpc) is 2.60. The van der Waals surface area contributed by atoms with Crippen LogP contribution in [0.15, 0.2) is 0 Å². The number of hydrogen-bond donors (Lipinski definition) is 8. The molecule has 8 N–H and O–H groups in total. The minimum atomic E-state index is -1.88. The number of aliphatic hydroxyl groups excluding tert-OH is 7. The Kier molecular flexibility index (Phi) is 8.31. The third kappa shape index (κ3) is 5.39. The van der Waals surface area contributed by atoms with Crippen LogP contribution >= 0.6 is 0 Å². The summed E-state index contributed by atoms with van der Waals surface area (Å²) >= 11 is 0. The number of carbonyl (C=O) groups is 2.